The Bertz CT molecular complexity index is 567. The van der Waals surface area contributed by atoms with Gasteiger partial charge >= 0.3 is 0 Å². The molecular weight excluding hydrogens is 248 g/mol. The number of Topliss-reactive ketones (excluding diaryl/α,β-unsaturated/α-hetero) is 1. The highest BCUT2D eigenvalue weighted by Gasteiger charge is 2.06. The first-order chi connectivity index (χ1) is 9.16. The number of carbonyl (C=O) groups excluding carboxylic acids is 1. The number of hydrogen-bond donors (Lipinski definition) is 1. The number of ketones is 1. The van der Waals surface area contributed by atoms with Gasteiger partial charge in [0.05, 0.1) is 5.69 Å². The minimum Gasteiger partial charge on any atom is -0.382 e. The SMILES string of the molecule is O=C(CCNc1ccccc1F)c1ccc(F)cc1. The summed E-state index contributed by atoms with van der Waals surface area (Å²) in [6.07, 6.45) is 0.222. The number of halogens is 2. The van der Waals surface area contributed by atoms with E-state index in [1.807, 2.05) is 0 Å². The van der Waals surface area contributed by atoms with E-state index < -0.39 is 0 Å². The summed E-state index contributed by atoms with van der Waals surface area (Å²) in [5, 5.41) is 2.86. The summed E-state index contributed by atoms with van der Waals surface area (Å²) in [6.45, 7) is 0.330. The van der Waals surface area contributed by atoms with Crippen molar-refractivity contribution in [3.05, 3.63) is 65.7 Å². The zero-order valence-corrected chi connectivity index (χ0v) is 10.2. The standard InChI is InChI=1S/C15H13F2NO/c16-12-7-5-11(6-8-12)15(19)9-10-18-14-4-2-1-3-13(14)17/h1-8,18H,9-10H2. The van der Waals surface area contributed by atoms with Crippen LogP contribution in [0, 0.1) is 11.6 Å². The fourth-order valence-electron chi connectivity index (χ4n) is 1.70. The smallest absolute Gasteiger partial charge is 0.164 e. The molecule has 0 amide bonds. The molecule has 98 valence electrons. The Labute approximate surface area is 110 Å². The molecule has 2 aromatic rings. The molecule has 2 nitrogen and oxygen atoms in total. The highest BCUT2D eigenvalue weighted by atomic mass is 19.1. The third-order valence-corrected chi connectivity index (χ3v) is 2.71. The molecule has 0 saturated carbocycles. The lowest BCUT2D eigenvalue weighted by Crippen LogP contribution is -2.09. The van der Waals surface area contributed by atoms with E-state index in [1.54, 1.807) is 18.2 Å². The predicted octanol–water partition coefficient (Wildman–Crippen LogP) is 3.65. The summed E-state index contributed by atoms with van der Waals surface area (Å²) in [5.74, 6) is -0.832. The van der Waals surface area contributed by atoms with Crippen molar-refractivity contribution in [1.82, 2.24) is 0 Å². The van der Waals surface area contributed by atoms with Gasteiger partial charge in [-0.15, -0.1) is 0 Å². The predicted molar refractivity (Wildman–Crippen MR) is 70.2 cm³/mol. The van der Waals surface area contributed by atoms with Crippen molar-refractivity contribution in [1.29, 1.82) is 0 Å². The van der Waals surface area contributed by atoms with E-state index in [0.29, 0.717) is 17.8 Å². The molecule has 0 spiro atoms. The first-order valence-corrected chi connectivity index (χ1v) is 5.94. The molecule has 0 saturated heterocycles. The van der Waals surface area contributed by atoms with Crippen LogP contribution in [0.25, 0.3) is 0 Å². The maximum absolute atomic E-state index is 13.3. The van der Waals surface area contributed by atoms with E-state index in [1.165, 1.54) is 30.3 Å². The summed E-state index contributed by atoms with van der Waals surface area (Å²) in [6, 6.07) is 11.7. The lowest BCUT2D eigenvalue weighted by atomic mass is 10.1. The van der Waals surface area contributed by atoms with Gasteiger partial charge in [-0.25, -0.2) is 8.78 Å². The fraction of sp³-hybridized carbons (Fsp3) is 0.133. The number of carbonyl (C=O) groups is 1. The second-order valence-electron chi connectivity index (χ2n) is 4.09. The molecular formula is C15H13F2NO. The van der Waals surface area contributed by atoms with Gasteiger partial charge in [0.2, 0.25) is 0 Å². The Balaban J connectivity index is 1.88. The van der Waals surface area contributed by atoms with Crippen LogP contribution in [-0.4, -0.2) is 12.3 Å². The van der Waals surface area contributed by atoms with Crippen molar-refractivity contribution in [2.24, 2.45) is 0 Å². The highest BCUT2D eigenvalue weighted by molar-refractivity contribution is 5.96. The van der Waals surface area contributed by atoms with Gasteiger partial charge < -0.3 is 5.32 Å². The molecule has 1 N–H and O–H groups in total. The summed E-state index contributed by atoms with van der Waals surface area (Å²) >= 11 is 0. The normalized spacial score (nSPS) is 10.2. The molecule has 2 aromatic carbocycles. The van der Waals surface area contributed by atoms with E-state index in [0.717, 1.165) is 0 Å². The quantitative estimate of drug-likeness (QED) is 0.832. The second-order valence-corrected chi connectivity index (χ2v) is 4.09. The zero-order chi connectivity index (χ0) is 13.7. The maximum atomic E-state index is 13.3. The summed E-state index contributed by atoms with van der Waals surface area (Å²) in [5.41, 5.74) is 0.825. The molecule has 0 atom stereocenters. The number of benzene rings is 2. The monoisotopic (exact) mass is 261 g/mol. The van der Waals surface area contributed by atoms with Crippen molar-refractivity contribution in [2.45, 2.75) is 6.42 Å². The first-order valence-electron chi connectivity index (χ1n) is 5.94. The van der Waals surface area contributed by atoms with Crippen LogP contribution in [-0.2, 0) is 0 Å². The molecule has 0 bridgehead atoms. The average Bonchev–Trinajstić information content (AvgIpc) is 2.41. The number of para-hydroxylation sites is 1. The number of hydrogen-bond acceptors (Lipinski definition) is 2. The van der Waals surface area contributed by atoms with Gasteiger partial charge in [0.15, 0.2) is 5.78 Å². The van der Waals surface area contributed by atoms with Gasteiger partial charge in [-0.2, -0.15) is 0 Å². The van der Waals surface area contributed by atoms with Gasteiger partial charge in [0, 0.05) is 18.5 Å². The van der Waals surface area contributed by atoms with Crippen molar-refractivity contribution >= 4 is 11.5 Å². The molecule has 2 rings (SSSR count). The number of nitrogens with one attached hydrogen (secondary N) is 1. The van der Waals surface area contributed by atoms with Gasteiger partial charge in [0.1, 0.15) is 11.6 Å². The average molecular weight is 261 g/mol. The highest BCUT2D eigenvalue weighted by Crippen LogP contribution is 2.12. The van der Waals surface area contributed by atoms with Crippen molar-refractivity contribution in [2.75, 3.05) is 11.9 Å². The largest absolute Gasteiger partial charge is 0.382 e. The van der Waals surface area contributed by atoms with Crippen LogP contribution in [0.2, 0.25) is 0 Å². The molecule has 0 aromatic heterocycles. The second kappa shape index (κ2) is 6.09. The Kier molecular flexibility index (Phi) is 4.23. The molecule has 19 heavy (non-hydrogen) atoms. The Morgan fingerprint density at radius 1 is 1.00 bits per heavy atom. The van der Waals surface area contributed by atoms with Crippen molar-refractivity contribution in [3.63, 3.8) is 0 Å². The molecule has 0 unspecified atom stereocenters. The third-order valence-electron chi connectivity index (χ3n) is 2.71. The lowest BCUT2D eigenvalue weighted by Gasteiger charge is -2.06. The van der Waals surface area contributed by atoms with Crippen LogP contribution in [0.1, 0.15) is 16.8 Å². The van der Waals surface area contributed by atoms with E-state index in [9.17, 15) is 13.6 Å². The van der Waals surface area contributed by atoms with Crippen LogP contribution in [0.4, 0.5) is 14.5 Å². The van der Waals surface area contributed by atoms with Gasteiger partial charge in [-0.3, -0.25) is 4.79 Å². The van der Waals surface area contributed by atoms with Crippen molar-refractivity contribution < 1.29 is 13.6 Å². The Morgan fingerprint density at radius 3 is 2.37 bits per heavy atom. The van der Waals surface area contributed by atoms with Crippen molar-refractivity contribution in [3.8, 4) is 0 Å². The first kappa shape index (κ1) is 13.2. The molecule has 0 heterocycles. The van der Waals surface area contributed by atoms with Crippen LogP contribution < -0.4 is 5.32 Å². The molecule has 0 fully saturated rings. The van der Waals surface area contributed by atoms with Gasteiger partial charge in [0.25, 0.3) is 0 Å². The third kappa shape index (κ3) is 3.61. The topological polar surface area (TPSA) is 29.1 Å². The Hall–Kier alpha value is -2.23. The summed E-state index contributed by atoms with van der Waals surface area (Å²) in [7, 11) is 0. The molecule has 0 radical (unpaired) electrons. The van der Waals surface area contributed by atoms with E-state index >= 15 is 0 Å². The summed E-state index contributed by atoms with van der Waals surface area (Å²) in [4.78, 5) is 11.8. The van der Waals surface area contributed by atoms with E-state index in [2.05, 4.69) is 5.32 Å². The van der Waals surface area contributed by atoms with Gasteiger partial charge in [-0.05, 0) is 36.4 Å². The number of anilines is 1. The Morgan fingerprint density at radius 2 is 1.68 bits per heavy atom. The summed E-state index contributed by atoms with van der Waals surface area (Å²) < 4.78 is 26.0. The van der Waals surface area contributed by atoms with Crippen LogP contribution in [0.3, 0.4) is 0 Å². The van der Waals surface area contributed by atoms with E-state index in [4.69, 9.17) is 0 Å². The number of rotatable bonds is 5. The van der Waals surface area contributed by atoms with Crippen LogP contribution >= 0.6 is 0 Å². The van der Waals surface area contributed by atoms with E-state index in [-0.39, 0.29) is 23.8 Å². The molecule has 0 aliphatic rings. The van der Waals surface area contributed by atoms with Gasteiger partial charge in [-0.1, -0.05) is 12.1 Å². The zero-order valence-electron chi connectivity index (χ0n) is 10.2. The molecule has 4 heteroatoms. The lowest BCUT2D eigenvalue weighted by molar-refractivity contribution is 0.0986. The molecule has 0 aliphatic heterocycles. The fourth-order valence-corrected chi connectivity index (χ4v) is 1.70. The van der Waals surface area contributed by atoms with Crippen LogP contribution in [0.15, 0.2) is 48.5 Å². The van der Waals surface area contributed by atoms with Crippen LogP contribution in [0.5, 0.6) is 0 Å². The minimum absolute atomic E-state index is 0.108. The minimum atomic E-state index is -0.374. The maximum Gasteiger partial charge on any atom is 0.164 e. The molecule has 0 aliphatic carbocycles.